The van der Waals surface area contributed by atoms with E-state index in [0.717, 1.165) is 58.7 Å². The highest BCUT2D eigenvalue weighted by Gasteiger charge is 2.38. The number of hydrogen-bond donors (Lipinski definition) is 2. The highest BCUT2D eigenvalue weighted by molar-refractivity contribution is 7.89. The van der Waals surface area contributed by atoms with Gasteiger partial charge in [0.25, 0.3) is 0 Å². The van der Waals surface area contributed by atoms with Gasteiger partial charge in [0.15, 0.2) is 5.54 Å². The number of nitrogens with zero attached hydrogens (tertiary/aromatic N) is 4. The molecule has 368 valence electrons. The number of unbranched alkanes of at least 4 members (excludes halogenated alkanes) is 1. The molecule has 2 N–H and O–H groups in total. The highest BCUT2D eigenvalue weighted by atomic mass is 32.2. The summed E-state index contributed by atoms with van der Waals surface area (Å²) < 4.78 is 55.0. The van der Waals surface area contributed by atoms with Crippen LogP contribution in [0.1, 0.15) is 122 Å². The Hall–Kier alpha value is -4.20. The molecule has 0 radical (unpaired) electrons. The lowest BCUT2D eigenvalue weighted by Crippen LogP contribution is -2.51. The van der Waals surface area contributed by atoms with Gasteiger partial charge in [0, 0.05) is 89.2 Å². The molecule has 1 aliphatic heterocycles. The molecular formula is C56H78N5O4S3+. The van der Waals surface area contributed by atoms with Crippen molar-refractivity contribution in [1.29, 1.82) is 0 Å². The van der Waals surface area contributed by atoms with Gasteiger partial charge in [-0.25, -0.2) is 30.9 Å². The number of anilines is 2. The van der Waals surface area contributed by atoms with Crippen LogP contribution in [0.15, 0.2) is 95.1 Å². The molecule has 0 fully saturated rings. The summed E-state index contributed by atoms with van der Waals surface area (Å²) >= 11 is 4.32. The number of fused-ring (bicyclic) bond motifs is 5. The van der Waals surface area contributed by atoms with E-state index in [1.165, 1.54) is 50.3 Å². The summed E-state index contributed by atoms with van der Waals surface area (Å²) in [5.41, 5.74) is 14.4. The molecule has 68 heavy (non-hydrogen) atoms. The number of primary sulfonamides is 1. The summed E-state index contributed by atoms with van der Waals surface area (Å²) in [6, 6.07) is 17.7. The minimum atomic E-state index is -3.65. The van der Waals surface area contributed by atoms with Gasteiger partial charge in [-0.1, -0.05) is 85.2 Å². The van der Waals surface area contributed by atoms with Gasteiger partial charge in [-0.15, -0.1) is 0 Å². The van der Waals surface area contributed by atoms with Gasteiger partial charge in [-0.3, -0.25) is 0 Å². The number of hydrogen-bond acceptors (Lipinski definition) is 7. The molecule has 3 aromatic carbocycles. The summed E-state index contributed by atoms with van der Waals surface area (Å²) in [6.45, 7) is 23.7. The Morgan fingerprint density at radius 3 is 1.96 bits per heavy atom. The number of nitrogens with two attached hydrogens (primary N) is 1. The number of benzene rings is 3. The monoisotopic (exact) mass is 981 g/mol. The molecule has 12 heteroatoms. The summed E-state index contributed by atoms with van der Waals surface area (Å²) in [4.78, 5) is 4.27. The van der Waals surface area contributed by atoms with Crippen molar-refractivity contribution >= 4 is 61.8 Å². The molecule has 0 atom stereocenters. The quantitative estimate of drug-likeness (QED) is 0.117. The van der Waals surface area contributed by atoms with Gasteiger partial charge in [-0.05, 0) is 135 Å². The maximum Gasteiger partial charge on any atom is 0.218 e. The summed E-state index contributed by atoms with van der Waals surface area (Å²) in [6.07, 6.45) is 15.8. The second-order valence-electron chi connectivity index (χ2n) is 21.3. The third kappa shape index (κ3) is 11.2. The van der Waals surface area contributed by atoms with E-state index in [1.54, 1.807) is 4.31 Å². The van der Waals surface area contributed by atoms with Crippen molar-refractivity contribution in [2.45, 2.75) is 105 Å². The highest BCUT2D eigenvalue weighted by Crippen LogP contribution is 2.47. The van der Waals surface area contributed by atoms with E-state index >= 15 is 0 Å². The van der Waals surface area contributed by atoms with Crippen LogP contribution in [0.4, 0.5) is 11.4 Å². The average molecular weight is 981 g/mol. The molecule has 4 aliphatic rings. The summed E-state index contributed by atoms with van der Waals surface area (Å²) in [5, 5.41) is 7.68. The first kappa shape index (κ1) is 53.2. The van der Waals surface area contributed by atoms with Crippen LogP contribution in [0.3, 0.4) is 0 Å². The van der Waals surface area contributed by atoms with Gasteiger partial charge in [0.2, 0.25) is 25.4 Å². The number of likely N-dealkylation sites (N-methyl/N-ethyl adjacent to an activating group) is 1. The van der Waals surface area contributed by atoms with Gasteiger partial charge in [0.05, 0.1) is 17.1 Å². The number of sulfonamides is 2. The lowest BCUT2D eigenvalue weighted by molar-refractivity contribution is 0.401. The van der Waals surface area contributed by atoms with Crippen LogP contribution in [0.5, 0.6) is 0 Å². The minimum Gasteiger partial charge on any atom is -0.378 e. The first-order chi connectivity index (χ1) is 31.6. The summed E-state index contributed by atoms with van der Waals surface area (Å²) in [5.74, 6) is 0.665. The van der Waals surface area contributed by atoms with E-state index in [9.17, 15) is 16.8 Å². The SMILES string of the molecule is CCCCN(CCS)S(=O)(=O)C/C(=C/C(C)C)C1=CC2=Cc3ccc(N(C)C)cc3C(C)(C)C2=CC1.CC[N+]1=c2cc3c(cc2C(CS(N)(=O)=O)=CC1(C)C)=Cc1ccc(N(C)C)cc1C3(C)C. The lowest BCUT2D eigenvalue weighted by atomic mass is 9.67. The first-order valence-electron chi connectivity index (χ1n) is 24.2. The number of thiol groups is 1. The van der Waals surface area contributed by atoms with Crippen molar-refractivity contribution in [3.8, 4) is 0 Å². The predicted molar refractivity (Wildman–Crippen MR) is 294 cm³/mol. The molecule has 0 unspecified atom stereocenters. The normalized spacial score (nSPS) is 17.7. The minimum absolute atomic E-state index is 0.0388. The fraction of sp³-hybridized carbons (Fsp3) is 0.482. The molecule has 0 aromatic heterocycles. The molecule has 0 saturated heterocycles. The zero-order valence-corrected chi connectivity index (χ0v) is 45.8. The van der Waals surface area contributed by atoms with Gasteiger partial charge >= 0.3 is 0 Å². The van der Waals surface area contributed by atoms with Crippen LogP contribution in [-0.2, 0) is 30.9 Å². The van der Waals surface area contributed by atoms with E-state index in [2.05, 4.69) is 209 Å². The van der Waals surface area contributed by atoms with Crippen LogP contribution in [0.25, 0.3) is 17.7 Å². The summed E-state index contributed by atoms with van der Waals surface area (Å²) in [7, 11) is 1.19. The number of allylic oxidation sites excluding steroid dienone is 6. The van der Waals surface area contributed by atoms with Crippen molar-refractivity contribution in [3.05, 3.63) is 139 Å². The van der Waals surface area contributed by atoms with Crippen LogP contribution >= 0.6 is 12.6 Å². The first-order valence-corrected chi connectivity index (χ1v) is 28.2. The molecule has 0 saturated carbocycles. The molecule has 7 rings (SSSR count). The molecular weight excluding hydrogens is 903 g/mol. The van der Waals surface area contributed by atoms with Crippen molar-refractivity contribution < 1.29 is 16.8 Å². The van der Waals surface area contributed by atoms with Crippen LogP contribution in [-0.4, -0.2) is 91.8 Å². The Morgan fingerprint density at radius 1 is 0.809 bits per heavy atom. The van der Waals surface area contributed by atoms with Crippen molar-refractivity contribution in [1.82, 2.24) is 8.88 Å². The van der Waals surface area contributed by atoms with Gasteiger partial charge in [0.1, 0.15) is 6.54 Å². The molecule has 3 aliphatic carbocycles. The Bertz CT molecular complexity index is 2970. The average Bonchev–Trinajstić information content (AvgIpc) is 3.23. The van der Waals surface area contributed by atoms with Gasteiger partial charge < -0.3 is 9.80 Å². The fourth-order valence-corrected chi connectivity index (χ4v) is 13.2. The fourth-order valence-electron chi connectivity index (χ4n) is 10.5. The second-order valence-corrected chi connectivity index (χ2v) is 25.3. The lowest BCUT2D eigenvalue weighted by Gasteiger charge is -2.38. The van der Waals surface area contributed by atoms with E-state index in [1.807, 2.05) is 0 Å². The zero-order chi connectivity index (χ0) is 50.3. The number of rotatable bonds is 15. The zero-order valence-electron chi connectivity index (χ0n) is 43.3. The Kier molecular flexibility index (Phi) is 15.8. The Balaban J connectivity index is 0.000000225. The molecule has 0 amide bonds. The van der Waals surface area contributed by atoms with E-state index in [0.29, 0.717) is 18.8 Å². The van der Waals surface area contributed by atoms with Crippen molar-refractivity contribution in [2.24, 2.45) is 11.1 Å². The largest absolute Gasteiger partial charge is 0.378 e. The Morgan fingerprint density at radius 2 is 1.41 bits per heavy atom. The molecule has 9 nitrogen and oxygen atoms in total. The van der Waals surface area contributed by atoms with E-state index in [-0.39, 0.29) is 33.8 Å². The molecule has 1 heterocycles. The van der Waals surface area contributed by atoms with Crippen LogP contribution in [0, 0.1) is 5.92 Å². The van der Waals surface area contributed by atoms with Crippen LogP contribution in [0.2, 0.25) is 0 Å². The third-order valence-corrected chi connectivity index (χ3v) is 16.8. The molecule has 0 spiro atoms. The van der Waals surface area contributed by atoms with Crippen LogP contribution < -0.4 is 30.1 Å². The maximum absolute atomic E-state index is 13.5. The van der Waals surface area contributed by atoms with Gasteiger partial charge in [-0.2, -0.15) is 12.6 Å². The predicted octanol–water partition coefficient (Wildman–Crippen LogP) is 8.82. The van der Waals surface area contributed by atoms with E-state index < -0.39 is 20.0 Å². The third-order valence-electron chi connectivity index (χ3n) is 14.1. The standard InChI is InChI=1S/C30H44N2O2S2.C26H34N3O2S/c1-8-9-14-32(15-16-35)36(33,34)21-26(17-22(2)3)23-11-13-28-25(18-23)19-24-10-12-27(31(6)7)20-29(24)30(28,4)5;1-8-29-24-14-23-18(12-21(24)19(15-25(29,2)3)16-32(27,30)31)11-17-9-10-20(28(6)7)13-22(17)26(23,4)5/h10,12-13,17-20,22,35H,8-9,11,14-16,21H2,1-7H3;9-15H,8,16H2,1-7H3,(H2,27,30,31)/q;+1/b26-17-;. The smallest absolute Gasteiger partial charge is 0.218 e. The van der Waals surface area contributed by atoms with Crippen molar-refractivity contribution in [3.63, 3.8) is 0 Å². The topological polar surface area (TPSA) is 107 Å². The van der Waals surface area contributed by atoms with E-state index in [4.69, 9.17) is 5.14 Å². The second kappa shape index (κ2) is 20.3. The molecule has 0 bridgehead atoms. The maximum atomic E-state index is 13.5. The Labute approximate surface area is 415 Å². The van der Waals surface area contributed by atoms with Crippen molar-refractivity contribution in [2.75, 3.05) is 74.9 Å². The molecule has 3 aromatic rings.